The molecular weight excluding hydrogens is 156 g/mol. The smallest absolute Gasteiger partial charge is 0.332 e. The van der Waals surface area contributed by atoms with Crippen molar-refractivity contribution in [2.75, 3.05) is 13.2 Å². The van der Waals surface area contributed by atoms with Crippen LogP contribution in [0.3, 0.4) is 0 Å². The minimum atomic E-state index is -0.466. The number of ether oxygens (including phenoxy) is 2. The van der Waals surface area contributed by atoms with Crippen molar-refractivity contribution >= 4 is 5.97 Å². The first-order valence-corrected chi connectivity index (χ1v) is 3.95. The van der Waals surface area contributed by atoms with Crippen molar-refractivity contribution < 1.29 is 14.3 Å². The van der Waals surface area contributed by atoms with Crippen molar-refractivity contribution in [3.63, 3.8) is 0 Å². The molecule has 0 aliphatic carbocycles. The maximum absolute atomic E-state index is 10.8. The molecule has 0 aliphatic heterocycles. The average Bonchev–Trinajstić information content (AvgIpc) is 2.02. The predicted octanol–water partition coefficient (Wildman–Crippen LogP) is 1.53. The van der Waals surface area contributed by atoms with Crippen LogP contribution >= 0.6 is 0 Å². The zero-order chi connectivity index (χ0) is 9.61. The normalized spacial score (nSPS) is 10.9. The van der Waals surface area contributed by atoms with E-state index in [-0.39, 0.29) is 12.6 Å². The van der Waals surface area contributed by atoms with Gasteiger partial charge in [0, 0.05) is 0 Å². The monoisotopic (exact) mass is 172 g/mol. The van der Waals surface area contributed by atoms with Gasteiger partial charge in [0.15, 0.2) is 0 Å². The largest absolute Gasteiger partial charge is 0.464 e. The highest BCUT2D eigenvalue weighted by atomic mass is 16.6. The Labute approximate surface area is 73.4 Å². The zero-order valence-corrected chi connectivity index (χ0v) is 7.92. The summed E-state index contributed by atoms with van der Waals surface area (Å²) in [6, 6.07) is 0. The first-order valence-electron chi connectivity index (χ1n) is 3.95. The van der Waals surface area contributed by atoms with E-state index < -0.39 is 5.60 Å². The van der Waals surface area contributed by atoms with Crippen molar-refractivity contribution in [1.29, 1.82) is 0 Å². The molecule has 0 aromatic rings. The Bertz CT molecular complexity index is 161. The van der Waals surface area contributed by atoms with E-state index in [0.717, 1.165) is 0 Å². The molecular formula is C9H16O3. The lowest BCUT2D eigenvalue weighted by Crippen LogP contribution is -2.25. The zero-order valence-electron chi connectivity index (χ0n) is 7.92. The van der Waals surface area contributed by atoms with Crippen molar-refractivity contribution in [2.24, 2.45) is 0 Å². The second kappa shape index (κ2) is 4.93. The van der Waals surface area contributed by atoms with Gasteiger partial charge in [0.1, 0.15) is 6.61 Å². The van der Waals surface area contributed by atoms with E-state index in [1.54, 1.807) is 13.0 Å². The Kier molecular flexibility index (Phi) is 4.59. The molecule has 0 fully saturated rings. The molecule has 0 N–H and O–H groups in total. The molecule has 3 nitrogen and oxygen atoms in total. The fourth-order valence-electron chi connectivity index (χ4n) is 0.507. The molecule has 0 radical (unpaired) electrons. The first-order chi connectivity index (χ1) is 5.52. The maximum Gasteiger partial charge on any atom is 0.332 e. The molecule has 0 unspecified atom stereocenters. The summed E-state index contributed by atoms with van der Waals surface area (Å²) >= 11 is 0. The molecule has 0 aromatic heterocycles. The van der Waals surface area contributed by atoms with Gasteiger partial charge in [0.2, 0.25) is 0 Å². The lowest BCUT2D eigenvalue weighted by atomic mass is 10.1. The summed E-state index contributed by atoms with van der Waals surface area (Å²) in [6.07, 6.45) is 1.65. The van der Waals surface area contributed by atoms with Crippen LogP contribution in [0.25, 0.3) is 0 Å². The topological polar surface area (TPSA) is 35.5 Å². The van der Waals surface area contributed by atoms with Gasteiger partial charge >= 0.3 is 5.97 Å². The van der Waals surface area contributed by atoms with Crippen LogP contribution in [0.5, 0.6) is 0 Å². The molecule has 70 valence electrons. The van der Waals surface area contributed by atoms with Crippen LogP contribution in [0, 0.1) is 0 Å². The minimum absolute atomic E-state index is 0.0210. The summed E-state index contributed by atoms with van der Waals surface area (Å²) < 4.78 is 9.88. The van der Waals surface area contributed by atoms with E-state index in [9.17, 15) is 4.79 Å². The van der Waals surface area contributed by atoms with E-state index in [4.69, 9.17) is 4.74 Å². The standard InChI is InChI=1S/C9H16O3/c1-5-9(3,4)12-7-8(10)11-6-2/h5H,1,6-7H2,2-4H3. The number of carbonyl (C=O) groups is 1. The fraction of sp³-hybridized carbons (Fsp3) is 0.667. The molecule has 0 aliphatic rings. The summed E-state index contributed by atoms with van der Waals surface area (Å²) in [6.45, 7) is 9.37. The molecule has 0 bridgehead atoms. The molecule has 0 amide bonds. The summed E-state index contributed by atoms with van der Waals surface area (Å²) in [5, 5.41) is 0. The lowest BCUT2D eigenvalue weighted by molar-refractivity contribution is -0.152. The van der Waals surface area contributed by atoms with Gasteiger partial charge in [0.25, 0.3) is 0 Å². The third-order valence-electron chi connectivity index (χ3n) is 1.36. The van der Waals surface area contributed by atoms with Gasteiger partial charge in [0.05, 0.1) is 12.2 Å². The van der Waals surface area contributed by atoms with Gasteiger partial charge in [-0.05, 0) is 20.8 Å². The van der Waals surface area contributed by atoms with Crippen LogP contribution in [0.4, 0.5) is 0 Å². The Hall–Kier alpha value is -0.830. The second-order valence-electron chi connectivity index (χ2n) is 2.90. The molecule has 0 spiro atoms. The molecule has 0 saturated carbocycles. The van der Waals surface area contributed by atoms with Crippen molar-refractivity contribution in [1.82, 2.24) is 0 Å². The number of hydrogen-bond donors (Lipinski definition) is 0. The van der Waals surface area contributed by atoms with Crippen molar-refractivity contribution in [2.45, 2.75) is 26.4 Å². The Morgan fingerprint density at radius 3 is 2.58 bits per heavy atom. The Balaban J connectivity index is 3.67. The Morgan fingerprint density at radius 2 is 2.17 bits per heavy atom. The Morgan fingerprint density at radius 1 is 1.58 bits per heavy atom. The van der Waals surface area contributed by atoms with Gasteiger partial charge in [-0.25, -0.2) is 4.79 Å². The van der Waals surface area contributed by atoms with Crippen LogP contribution in [0.15, 0.2) is 12.7 Å². The quantitative estimate of drug-likeness (QED) is 0.466. The molecule has 0 atom stereocenters. The van der Waals surface area contributed by atoms with Gasteiger partial charge in [-0.15, -0.1) is 6.58 Å². The van der Waals surface area contributed by atoms with Crippen molar-refractivity contribution in [3.05, 3.63) is 12.7 Å². The SMILES string of the molecule is C=CC(C)(C)OCC(=O)OCC. The fourth-order valence-corrected chi connectivity index (χ4v) is 0.507. The van der Waals surface area contributed by atoms with E-state index in [1.807, 2.05) is 13.8 Å². The van der Waals surface area contributed by atoms with E-state index >= 15 is 0 Å². The maximum atomic E-state index is 10.8. The van der Waals surface area contributed by atoms with Crippen molar-refractivity contribution in [3.8, 4) is 0 Å². The highest BCUT2D eigenvalue weighted by Crippen LogP contribution is 2.09. The minimum Gasteiger partial charge on any atom is -0.464 e. The van der Waals surface area contributed by atoms with Gasteiger partial charge in [-0.1, -0.05) is 6.08 Å². The first kappa shape index (κ1) is 11.2. The van der Waals surface area contributed by atoms with E-state index in [2.05, 4.69) is 11.3 Å². The van der Waals surface area contributed by atoms with Crippen LogP contribution in [-0.2, 0) is 14.3 Å². The van der Waals surface area contributed by atoms with Crippen LogP contribution in [-0.4, -0.2) is 24.8 Å². The molecule has 0 aromatic carbocycles. The number of esters is 1. The molecule has 12 heavy (non-hydrogen) atoms. The third kappa shape index (κ3) is 4.91. The van der Waals surface area contributed by atoms with E-state index in [0.29, 0.717) is 6.61 Å². The number of rotatable bonds is 5. The van der Waals surface area contributed by atoms with Gasteiger partial charge in [-0.3, -0.25) is 0 Å². The lowest BCUT2D eigenvalue weighted by Gasteiger charge is -2.19. The molecule has 3 heteroatoms. The average molecular weight is 172 g/mol. The second-order valence-corrected chi connectivity index (χ2v) is 2.90. The summed E-state index contributed by atoms with van der Waals surface area (Å²) in [5.41, 5.74) is -0.466. The van der Waals surface area contributed by atoms with Crippen LogP contribution in [0.1, 0.15) is 20.8 Å². The summed E-state index contributed by atoms with van der Waals surface area (Å²) in [4.78, 5) is 10.8. The van der Waals surface area contributed by atoms with Crippen LogP contribution < -0.4 is 0 Å². The van der Waals surface area contributed by atoms with Gasteiger partial charge in [-0.2, -0.15) is 0 Å². The highest BCUT2D eigenvalue weighted by Gasteiger charge is 2.15. The summed E-state index contributed by atoms with van der Waals surface area (Å²) in [5.74, 6) is -0.340. The highest BCUT2D eigenvalue weighted by molar-refractivity contribution is 5.70. The third-order valence-corrected chi connectivity index (χ3v) is 1.36. The molecule has 0 saturated heterocycles. The number of hydrogen-bond acceptors (Lipinski definition) is 3. The molecule has 0 heterocycles. The molecule has 0 rings (SSSR count). The van der Waals surface area contributed by atoms with E-state index in [1.165, 1.54) is 0 Å². The van der Waals surface area contributed by atoms with Gasteiger partial charge < -0.3 is 9.47 Å². The number of carbonyl (C=O) groups excluding carboxylic acids is 1. The van der Waals surface area contributed by atoms with Crippen LogP contribution in [0.2, 0.25) is 0 Å². The predicted molar refractivity (Wildman–Crippen MR) is 46.9 cm³/mol. The summed E-state index contributed by atoms with van der Waals surface area (Å²) in [7, 11) is 0.